The summed E-state index contributed by atoms with van der Waals surface area (Å²) >= 11 is 0. The Kier molecular flexibility index (Phi) is 4.71. The van der Waals surface area contributed by atoms with E-state index in [1.54, 1.807) is 13.2 Å². The van der Waals surface area contributed by atoms with Crippen molar-refractivity contribution in [2.75, 3.05) is 19.0 Å². The third-order valence-corrected chi connectivity index (χ3v) is 2.91. The molecule has 2 aromatic rings. The molecule has 0 amide bonds. The molecule has 0 radical (unpaired) electrons. The maximum absolute atomic E-state index is 9.65. The van der Waals surface area contributed by atoms with Crippen LogP contribution >= 0.6 is 0 Å². The van der Waals surface area contributed by atoms with Gasteiger partial charge in [-0.05, 0) is 48.9 Å². The Balaban J connectivity index is 2.00. The van der Waals surface area contributed by atoms with Gasteiger partial charge in [0.2, 0.25) is 0 Å². The smallest absolute Gasteiger partial charge is 0.161 e. The van der Waals surface area contributed by atoms with E-state index in [0.717, 1.165) is 17.0 Å². The van der Waals surface area contributed by atoms with E-state index in [2.05, 4.69) is 5.32 Å². The minimum absolute atomic E-state index is 0.167. The Bertz CT molecular complexity index is 552. The van der Waals surface area contributed by atoms with Crippen LogP contribution in [0.25, 0.3) is 0 Å². The van der Waals surface area contributed by atoms with Crippen molar-refractivity contribution in [3.63, 3.8) is 0 Å². The number of rotatable bonds is 6. The number of nitrogens with one attached hydrogen (secondary N) is 1. The molecule has 0 saturated heterocycles. The fourth-order valence-electron chi connectivity index (χ4n) is 1.85. The molecule has 0 fully saturated rings. The van der Waals surface area contributed by atoms with E-state index in [-0.39, 0.29) is 5.75 Å². The molecule has 2 N–H and O–H groups in total. The summed E-state index contributed by atoms with van der Waals surface area (Å²) in [6.07, 6.45) is 0. The Labute approximate surface area is 119 Å². The van der Waals surface area contributed by atoms with E-state index < -0.39 is 0 Å². The van der Waals surface area contributed by atoms with Crippen LogP contribution < -0.4 is 14.8 Å². The molecule has 0 heterocycles. The molecular weight excluding hydrogens is 254 g/mol. The van der Waals surface area contributed by atoms with E-state index >= 15 is 0 Å². The summed E-state index contributed by atoms with van der Waals surface area (Å²) in [7, 11) is 1.65. The van der Waals surface area contributed by atoms with E-state index in [1.165, 1.54) is 0 Å². The quantitative estimate of drug-likeness (QED) is 0.846. The first-order valence-electron chi connectivity index (χ1n) is 6.55. The first-order valence-corrected chi connectivity index (χ1v) is 6.55. The fourth-order valence-corrected chi connectivity index (χ4v) is 1.85. The largest absolute Gasteiger partial charge is 0.504 e. The maximum Gasteiger partial charge on any atom is 0.161 e. The SMILES string of the molecule is CCOc1cc(CNc2ccc(OC)cc2)ccc1O. The average molecular weight is 273 g/mol. The van der Waals surface area contributed by atoms with Crippen molar-refractivity contribution in [1.29, 1.82) is 0 Å². The Hall–Kier alpha value is -2.36. The minimum Gasteiger partial charge on any atom is -0.504 e. The highest BCUT2D eigenvalue weighted by molar-refractivity contribution is 5.48. The van der Waals surface area contributed by atoms with Crippen LogP contribution in [-0.2, 0) is 6.54 Å². The van der Waals surface area contributed by atoms with Gasteiger partial charge in [-0.3, -0.25) is 0 Å². The zero-order chi connectivity index (χ0) is 14.4. The summed E-state index contributed by atoms with van der Waals surface area (Å²) < 4.78 is 10.5. The van der Waals surface area contributed by atoms with Crippen molar-refractivity contribution in [1.82, 2.24) is 0 Å². The number of aromatic hydroxyl groups is 1. The van der Waals surface area contributed by atoms with Gasteiger partial charge >= 0.3 is 0 Å². The predicted molar refractivity (Wildman–Crippen MR) is 79.6 cm³/mol. The molecule has 106 valence electrons. The normalized spacial score (nSPS) is 10.1. The Morgan fingerprint density at radius 2 is 1.85 bits per heavy atom. The molecule has 0 aliphatic rings. The van der Waals surface area contributed by atoms with Crippen molar-refractivity contribution < 1.29 is 14.6 Å². The molecule has 0 atom stereocenters. The third kappa shape index (κ3) is 3.57. The highest BCUT2D eigenvalue weighted by Gasteiger charge is 2.03. The second-order valence-corrected chi connectivity index (χ2v) is 4.32. The van der Waals surface area contributed by atoms with Crippen molar-refractivity contribution in [3.8, 4) is 17.2 Å². The fraction of sp³-hybridized carbons (Fsp3) is 0.250. The van der Waals surface area contributed by atoms with E-state index in [1.807, 2.05) is 43.3 Å². The van der Waals surface area contributed by atoms with E-state index in [4.69, 9.17) is 9.47 Å². The number of phenols is 1. The molecule has 0 bridgehead atoms. The molecule has 4 heteroatoms. The second-order valence-electron chi connectivity index (χ2n) is 4.32. The molecule has 4 nitrogen and oxygen atoms in total. The number of ether oxygens (including phenoxy) is 2. The number of anilines is 1. The minimum atomic E-state index is 0.167. The van der Waals surface area contributed by atoms with Gasteiger partial charge in [-0.1, -0.05) is 6.07 Å². The summed E-state index contributed by atoms with van der Waals surface area (Å²) in [6, 6.07) is 13.1. The van der Waals surface area contributed by atoms with Gasteiger partial charge in [0.15, 0.2) is 11.5 Å². The molecular formula is C16H19NO3. The highest BCUT2D eigenvalue weighted by Crippen LogP contribution is 2.27. The van der Waals surface area contributed by atoms with Gasteiger partial charge in [0.25, 0.3) is 0 Å². The molecule has 0 saturated carbocycles. The van der Waals surface area contributed by atoms with Crippen molar-refractivity contribution in [2.45, 2.75) is 13.5 Å². The number of hydrogen-bond acceptors (Lipinski definition) is 4. The van der Waals surface area contributed by atoms with Gasteiger partial charge in [0.1, 0.15) is 5.75 Å². The molecule has 0 aliphatic heterocycles. The lowest BCUT2D eigenvalue weighted by Crippen LogP contribution is -2.00. The topological polar surface area (TPSA) is 50.7 Å². The lowest BCUT2D eigenvalue weighted by molar-refractivity contribution is 0.318. The first kappa shape index (κ1) is 14.1. The lowest BCUT2D eigenvalue weighted by Gasteiger charge is -2.10. The van der Waals surface area contributed by atoms with E-state index in [0.29, 0.717) is 18.9 Å². The summed E-state index contributed by atoms with van der Waals surface area (Å²) in [5, 5.41) is 13.0. The lowest BCUT2D eigenvalue weighted by atomic mass is 10.2. The Morgan fingerprint density at radius 3 is 2.50 bits per heavy atom. The van der Waals surface area contributed by atoms with Crippen LogP contribution in [0.4, 0.5) is 5.69 Å². The van der Waals surface area contributed by atoms with Crippen LogP contribution in [-0.4, -0.2) is 18.8 Å². The molecule has 0 aromatic heterocycles. The Morgan fingerprint density at radius 1 is 1.10 bits per heavy atom. The molecule has 0 spiro atoms. The number of phenolic OH excluding ortho intramolecular Hbond substituents is 1. The highest BCUT2D eigenvalue weighted by atomic mass is 16.5. The summed E-state index contributed by atoms with van der Waals surface area (Å²) in [6.45, 7) is 3.08. The van der Waals surface area contributed by atoms with Gasteiger partial charge in [-0.2, -0.15) is 0 Å². The zero-order valence-corrected chi connectivity index (χ0v) is 11.7. The number of methoxy groups -OCH3 is 1. The van der Waals surface area contributed by atoms with Crippen molar-refractivity contribution in [3.05, 3.63) is 48.0 Å². The summed E-state index contributed by atoms with van der Waals surface area (Å²) in [5.74, 6) is 1.51. The monoisotopic (exact) mass is 273 g/mol. The molecule has 2 rings (SSSR count). The van der Waals surface area contributed by atoms with Crippen LogP contribution in [0, 0.1) is 0 Å². The number of benzene rings is 2. The third-order valence-electron chi connectivity index (χ3n) is 2.91. The van der Waals surface area contributed by atoms with Crippen molar-refractivity contribution in [2.24, 2.45) is 0 Å². The first-order chi connectivity index (χ1) is 9.72. The van der Waals surface area contributed by atoms with Crippen LogP contribution in [0.3, 0.4) is 0 Å². The van der Waals surface area contributed by atoms with Gasteiger partial charge in [-0.25, -0.2) is 0 Å². The van der Waals surface area contributed by atoms with Gasteiger partial charge < -0.3 is 19.9 Å². The van der Waals surface area contributed by atoms with Gasteiger partial charge in [0.05, 0.1) is 13.7 Å². The van der Waals surface area contributed by atoms with Crippen LogP contribution in [0.5, 0.6) is 17.2 Å². The van der Waals surface area contributed by atoms with Gasteiger partial charge in [-0.15, -0.1) is 0 Å². The average Bonchev–Trinajstić information content (AvgIpc) is 2.49. The summed E-state index contributed by atoms with van der Waals surface area (Å²) in [5.41, 5.74) is 2.05. The summed E-state index contributed by atoms with van der Waals surface area (Å²) in [4.78, 5) is 0. The van der Waals surface area contributed by atoms with E-state index in [9.17, 15) is 5.11 Å². The predicted octanol–water partition coefficient (Wildman–Crippen LogP) is 3.41. The maximum atomic E-state index is 9.65. The van der Waals surface area contributed by atoms with Crippen LogP contribution in [0.2, 0.25) is 0 Å². The van der Waals surface area contributed by atoms with Gasteiger partial charge in [0, 0.05) is 12.2 Å². The molecule has 0 unspecified atom stereocenters. The number of hydrogen-bond donors (Lipinski definition) is 2. The standard InChI is InChI=1S/C16H19NO3/c1-3-20-16-10-12(4-9-15(16)18)11-17-13-5-7-14(19-2)8-6-13/h4-10,17-18H,3,11H2,1-2H3. The molecule has 20 heavy (non-hydrogen) atoms. The molecule has 2 aromatic carbocycles. The second kappa shape index (κ2) is 6.70. The van der Waals surface area contributed by atoms with Crippen molar-refractivity contribution >= 4 is 5.69 Å². The zero-order valence-electron chi connectivity index (χ0n) is 11.7. The van der Waals surface area contributed by atoms with Crippen LogP contribution in [0.15, 0.2) is 42.5 Å². The molecule has 0 aliphatic carbocycles. The van der Waals surface area contributed by atoms with Crippen LogP contribution in [0.1, 0.15) is 12.5 Å².